The van der Waals surface area contributed by atoms with Crippen LogP contribution < -0.4 is 9.64 Å². The van der Waals surface area contributed by atoms with Crippen molar-refractivity contribution in [2.45, 2.75) is 89.8 Å². The first-order valence-electron chi connectivity index (χ1n) is 15.5. The van der Waals surface area contributed by atoms with Gasteiger partial charge in [-0.15, -0.1) is 0 Å². The van der Waals surface area contributed by atoms with Gasteiger partial charge >= 0.3 is 6.01 Å². The average molecular weight is 611 g/mol. The van der Waals surface area contributed by atoms with Crippen molar-refractivity contribution < 1.29 is 13.9 Å². The van der Waals surface area contributed by atoms with Crippen LogP contribution in [0.5, 0.6) is 6.01 Å². The zero-order chi connectivity index (χ0) is 30.9. The monoisotopic (exact) mass is 610 g/mol. The third kappa shape index (κ3) is 8.04. The lowest BCUT2D eigenvalue weighted by atomic mass is 10.0. The van der Waals surface area contributed by atoms with Crippen molar-refractivity contribution >= 4 is 23.3 Å². The van der Waals surface area contributed by atoms with Crippen LogP contribution in [0.1, 0.15) is 69.2 Å². The molecule has 3 fully saturated rings. The summed E-state index contributed by atoms with van der Waals surface area (Å²) in [6, 6.07) is 11.7. The highest BCUT2D eigenvalue weighted by Gasteiger charge is 2.37. The maximum atomic E-state index is 13.6. The molecular weight excluding hydrogens is 567 g/mol. The van der Waals surface area contributed by atoms with Crippen LogP contribution in [0.15, 0.2) is 36.7 Å². The van der Waals surface area contributed by atoms with E-state index in [2.05, 4.69) is 46.3 Å². The van der Waals surface area contributed by atoms with Crippen molar-refractivity contribution in [1.29, 1.82) is 5.26 Å². The number of amides is 1. The molecule has 1 aromatic heterocycles. The Labute approximate surface area is 260 Å². The van der Waals surface area contributed by atoms with E-state index in [1.165, 1.54) is 37.8 Å². The van der Waals surface area contributed by atoms with E-state index >= 15 is 0 Å². The summed E-state index contributed by atoms with van der Waals surface area (Å²) in [6.07, 6.45) is 8.59. The van der Waals surface area contributed by atoms with E-state index in [4.69, 9.17) is 16.3 Å². The fraction of sp³-hybridized carbons (Fsp3) is 0.576. The van der Waals surface area contributed by atoms with Crippen LogP contribution in [0.25, 0.3) is 0 Å². The number of carbonyl (C=O) groups excluding carboxylic acids is 1. The number of nitriles is 1. The number of rotatable bonds is 10. The number of aryl methyl sites for hydroxylation is 2. The molecule has 10 heteroatoms. The summed E-state index contributed by atoms with van der Waals surface area (Å²) in [5.41, 5.74) is 3.06. The Morgan fingerprint density at radius 2 is 1.95 bits per heavy atom. The Bertz CT molecular complexity index is 1310. The second kappa shape index (κ2) is 15.5. The lowest BCUT2D eigenvalue weighted by Crippen LogP contribution is -2.55. The molecule has 0 N–H and O–H groups in total. The lowest BCUT2D eigenvalue weighted by molar-refractivity contribution is -0.131. The van der Waals surface area contributed by atoms with Crippen molar-refractivity contribution in [3.05, 3.63) is 58.5 Å². The number of hydrogen-bond donors (Lipinski definition) is 0. The van der Waals surface area contributed by atoms with E-state index in [1.807, 2.05) is 24.3 Å². The fourth-order valence-corrected chi connectivity index (χ4v) is 6.64. The normalized spacial score (nSPS) is 21.3. The molecule has 3 atom stereocenters. The van der Waals surface area contributed by atoms with Crippen LogP contribution in [-0.4, -0.2) is 77.1 Å². The van der Waals surface area contributed by atoms with Crippen LogP contribution in [0.2, 0.25) is 5.02 Å². The maximum Gasteiger partial charge on any atom is 0.318 e. The predicted molar refractivity (Wildman–Crippen MR) is 168 cm³/mol. The predicted octanol–water partition coefficient (Wildman–Crippen LogP) is 5.92. The molecular formula is C33H44ClFN6O2. The largest absolute Gasteiger partial charge is 0.467 e. The minimum atomic E-state index is -1.02. The van der Waals surface area contributed by atoms with Crippen LogP contribution in [0.4, 0.5) is 10.2 Å². The van der Waals surface area contributed by atoms with Gasteiger partial charge in [-0.2, -0.15) is 15.2 Å². The summed E-state index contributed by atoms with van der Waals surface area (Å²) in [5.74, 6) is -1.03. The lowest BCUT2D eigenvalue weighted by Gasteiger charge is -2.41. The molecule has 3 aliphatic rings. The highest BCUT2D eigenvalue weighted by Crippen LogP contribution is 2.33. The molecule has 1 aromatic carbocycles. The second-order valence-electron chi connectivity index (χ2n) is 11.6. The summed E-state index contributed by atoms with van der Waals surface area (Å²) in [7, 11) is 1.54. The van der Waals surface area contributed by atoms with Crippen molar-refractivity contribution in [3.8, 4) is 12.1 Å². The van der Waals surface area contributed by atoms with Crippen LogP contribution in [0, 0.1) is 11.3 Å². The van der Waals surface area contributed by atoms with E-state index in [1.54, 1.807) is 0 Å². The summed E-state index contributed by atoms with van der Waals surface area (Å²) in [4.78, 5) is 27.7. The van der Waals surface area contributed by atoms with Gasteiger partial charge in [0.05, 0.1) is 31.3 Å². The molecule has 0 aliphatic carbocycles. The molecule has 232 valence electrons. The van der Waals surface area contributed by atoms with E-state index in [0.717, 1.165) is 71.8 Å². The Morgan fingerprint density at radius 1 is 1.16 bits per heavy atom. The number of anilines is 1. The van der Waals surface area contributed by atoms with Gasteiger partial charge in [-0.25, -0.2) is 4.39 Å². The SMILES string of the molecule is C=C(F)C(=O)N1CCN(c2nc(OC)nc(CCCc3ccccc3Cl)c2CCC)CC1CC#N.C[C@@H]1CCC2CCN21. The number of aromatic nitrogens is 2. The molecule has 1 amide bonds. The van der Waals surface area contributed by atoms with Gasteiger partial charge in [0.15, 0.2) is 5.83 Å². The Balaban J connectivity index is 0.000000449. The van der Waals surface area contributed by atoms with Gasteiger partial charge in [-0.1, -0.05) is 49.7 Å². The van der Waals surface area contributed by atoms with E-state index in [-0.39, 0.29) is 19.0 Å². The molecule has 8 nitrogen and oxygen atoms in total. The first-order valence-corrected chi connectivity index (χ1v) is 15.8. The maximum absolute atomic E-state index is 13.6. The molecule has 0 spiro atoms. The van der Waals surface area contributed by atoms with Gasteiger partial charge in [0.1, 0.15) is 5.82 Å². The molecule has 43 heavy (non-hydrogen) atoms. The van der Waals surface area contributed by atoms with Gasteiger partial charge < -0.3 is 14.5 Å². The molecule has 0 bridgehead atoms. The number of ether oxygens (including phenoxy) is 1. The number of methoxy groups -OCH3 is 1. The minimum Gasteiger partial charge on any atom is -0.467 e. The zero-order valence-corrected chi connectivity index (χ0v) is 26.5. The molecule has 3 saturated heterocycles. The third-order valence-corrected chi connectivity index (χ3v) is 9.19. The first kappa shape index (κ1) is 32.7. The van der Waals surface area contributed by atoms with Gasteiger partial charge in [-0.05, 0) is 63.5 Å². The minimum absolute atomic E-state index is 0.0888. The topological polar surface area (TPSA) is 85.6 Å². The summed E-state index contributed by atoms with van der Waals surface area (Å²) < 4.78 is 19.0. The molecule has 2 aromatic rings. The standard InChI is InChI=1S/C26H31ClFN5O2.C7H13N/c1-4-8-21-23(12-7-10-19-9-5-6-11-22(19)27)30-26(35-3)31-24(21)32-15-16-33(25(34)18(2)28)20(17-32)13-14-29;1-6-2-3-7-4-5-8(6)7/h5-6,9,11,20H,2,4,7-8,10,12-13,15-17H2,1,3H3;6-7H,2-5H2,1H3/t;6-,7?/m.1/s1. The molecule has 0 radical (unpaired) electrons. The van der Waals surface area contributed by atoms with Gasteiger partial charge in [-0.3, -0.25) is 9.69 Å². The molecule has 0 saturated carbocycles. The first-order chi connectivity index (χ1) is 20.8. The number of benzene rings is 1. The van der Waals surface area contributed by atoms with Crippen LogP contribution in [-0.2, 0) is 24.1 Å². The highest BCUT2D eigenvalue weighted by atomic mass is 35.5. The average Bonchev–Trinajstić information content (AvgIpc) is 3.24. The third-order valence-electron chi connectivity index (χ3n) is 8.83. The summed E-state index contributed by atoms with van der Waals surface area (Å²) in [6.45, 7) is 10.0. The van der Waals surface area contributed by atoms with Crippen molar-refractivity contribution in [3.63, 3.8) is 0 Å². The number of piperazine rings is 1. The van der Waals surface area contributed by atoms with Crippen molar-refractivity contribution in [1.82, 2.24) is 19.8 Å². The van der Waals surface area contributed by atoms with Crippen LogP contribution >= 0.6 is 11.6 Å². The van der Waals surface area contributed by atoms with Crippen LogP contribution in [0.3, 0.4) is 0 Å². The smallest absolute Gasteiger partial charge is 0.318 e. The van der Waals surface area contributed by atoms with Gasteiger partial charge in [0, 0.05) is 48.8 Å². The van der Waals surface area contributed by atoms with E-state index < -0.39 is 17.8 Å². The number of nitrogens with zero attached hydrogens (tertiary/aromatic N) is 6. The fourth-order valence-electron chi connectivity index (χ4n) is 6.41. The van der Waals surface area contributed by atoms with Gasteiger partial charge in [0.2, 0.25) is 0 Å². The molecule has 4 heterocycles. The molecule has 5 rings (SSSR count). The number of carbonyl (C=O) groups is 1. The molecule has 2 unspecified atom stereocenters. The number of hydrogen-bond acceptors (Lipinski definition) is 7. The van der Waals surface area contributed by atoms with E-state index in [9.17, 15) is 14.4 Å². The second-order valence-corrected chi connectivity index (χ2v) is 12.0. The Morgan fingerprint density at radius 3 is 2.53 bits per heavy atom. The number of fused-ring (bicyclic) bond motifs is 1. The zero-order valence-electron chi connectivity index (χ0n) is 25.7. The Kier molecular flexibility index (Phi) is 11.8. The van der Waals surface area contributed by atoms with Gasteiger partial charge in [0.25, 0.3) is 5.91 Å². The Hall–Kier alpha value is -3.22. The van der Waals surface area contributed by atoms with Crippen molar-refractivity contribution in [2.75, 3.05) is 38.2 Å². The molecule has 3 aliphatic heterocycles. The van der Waals surface area contributed by atoms with E-state index in [0.29, 0.717) is 13.1 Å². The van der Waals surface area contributed by atoms with Crippen molar-refractivity contribution in [2.24, 2.45) is 0 Å². The number of halogens is 2. The quantitative estimate of drug-likeness (QED) is 0.309. The highest BCUT2D eigenvalue weighted by molar-refractivity contribution is 6.31. The summed E-state index contributed by atoms with van der Waals surface area (Å²) in [5, 5.41) is 10.1. The summed E-state index contributed by atoms with van der Waals surface area (Å²) >= 11 is 6.32.